The van der Waals surface area contributed by atoms with Crippen LogP contribution in [0.5, 0.6) is 0 Å². The first-order chi connectivity index (χ1) is 13.3. The van der Waals surface area contributed by atoms with Crippen molar-refractivity contribution in [1.82, 2.24) is 25.8 Å². The molecule has 0 radical (unpaired) electrons. The molecule has 3 atom stereocenters. The van der Waals surface area contributed by atoms with Crippen molar-refractivity contribution in [3.63, 3.8) is 0 Å². The molecule has 1 aliphatic heterocycles. The first kappa shape index (κ1) is 21.8. The van der Waals surface area contributed by atoms with Gasteiger partial charge >= 0.3 is 0 Å². The zero-order chi connectivity index (χ0) is 20.7. The minimum Gasteiger partial charge on any atom is -0.349 e. The summed E-state index contributed by atoms with van der Waals surface area (Å²) in [4.78, 5) is 43.8. The fourth-order valence-corrected chi connectivity index (χ4v) is 3.20. The van der Waals surface area contributed by atoms with E-state index < -0.39 is 18.1 Å². The first-order valence-electron chi connectivity index (χ1n) is 9.81. The van der Waals surface area contributed by atoms with E-state index in [-0.39, 0.29) is 23.6 Å². The Morgan fingerprint density at radius 2 is 2.00 bits per heavy atom. The van der Waals surface area contributed by atoms with Gasteiger partial charge in [0.05, 0.1) is 18.3 Å². The Labute approximate surface area is 166 Å². The Balaban J connectivity index is 2.02. The SMILES string of the molecule is CN[C@@H](C)C(=O)N[C@@H](C(=O)N1CCC[C@H]1C(=O)NCc1ccccn1)C(C)C. The summed E-state index contributed by atoms with van der Waals surface area (Å²) in [6, 6.07) is 3.94. The maximum Gasteiger partial charge on any atom is 0.246 e. The molecule has 0 unspecified atom stereocenters. The Hall–Kier alpha value is -2.48. The van der Waals surface area contributed by atoms with Crippen molar-refractivity contribution in [2.24, 2.45) is 5.92 Å². The van der Waals surface area contributed by atoms with Gasteiger partial charge in [0, 0.05) is 12.7 Å². The fraction of sp³-hybridized carbons (Fsp3) is 0.600. The number of likely N-dealkylation sites (N-methyl/N-ethyl adjacent to an activating group) is 1. The molecule has 3 amide bonds. The first-order valence-corrected chi connectivity index (χ1v) is 9.81. The molecule has 2 heterocycles. The lowest BCUT2D eigenvalue weighted by Crippen LogP contribution is -2.57. The second kappa shape index (κ2) is 10.2. The highest BCUT2D eigenvalue weighted by Crippen LogP contribution is 2.20. The van der Waals surface area contributed by atoms with E-state index in [9.17, 15) is 14.4 Å². The number of rotatable bonds is 8. The highest BCUT2D eigenvalue weighted by Gasteiger charge is 2.38. The lowest BCUT2D eigenvalue weighted by molar-refractivity contribution is -0.142. The Morgan fingerprint density at radius 1 is 1.25 bits per heavy atom. The molecule has 8 nitrogen and oxygen atoms in total. The molecule has 1 aromatic heterocycles. The molecule has 154 valence electrons. The van der Waals surface area contributed by atoms with Crippen LogP contribution in [0, 0.1) is 5.92 Å². The van der Waals surface area contributed by atoms with Crippen LogP contribution < -0.4 is 16.0 Å². The van der Waals surface area contributed by atoms with Crippen LogP contribution in [-0.4, -0.2) is 59.3 Å². The van der Waals surface area contributed by atoms with Gasteiger partial charge < -0.3 is 20.9 Å². The number of pyridine rings is 1. The summed E-state index contributed by atoms with van der Waals surface area (Å²) in [6.45, 7) is 6.35. The van der Waals surface area contributed by atoms with Crippen LogP contribution in [0.1, 0.15) is 39.3 Å². The van der Waals surface area contributed by atoms with Gasteiger partial charge in [-0.2, -0.15) is 0 Å². The maximum absolute atomic E-state index is 13.1. The summed E-state index contributed by atoms with van der Waals surface area (Å²) in [5.74, 6) is -0.709. The molecular formula is C20H31N5O3. The van der Waals surface area contributed by atoms with Crippen LogP contribution in [0.4, 0.5) is 0 Å². The largest absolute Gasteiger partial charge is 0.349 e. The smallest absolute Gasteiger partial charge is 0.246 e. The summed E-state index contributed by atoms with van der Waals surface area (Å²) in [5, 5.41) is 8.57. The van der Waals surface area contributed by atoms with E-state index >= 15 is 0 Å². The van der Waals surface area contributed by atoms with E-state index in [1.807, 2.05) is 32.0 Å². The number of nitrogens with one attached hydrogen (secondary N) is 3. The predicted molar refractivity (Wildman–Crippen MR) is 106 cm³/mol. The number of aromatic nitrogens is 1. The van der Waals surface area contributed by atoms with Crippen LogP contribution >= 0.6 is 0 Å². The highest BCUT2D eigenvalue weighted by molar-refractivity contribution is 5.93. The van der Waals surface area contributed by atoms with Crippen LogP contribution in [0.2, 0.25) is 0 Å². The van der Waals surface area contributed by atoms with Crippen molar-refractivity contribution in [1.29, 1.82) is 0 Å². The van der Waals surface area contributed by atoms with E-state index in [4.69, 9.17) is 0 Å². The number of hydrogen-bond donors (Lipinski definition) is 3. The van der Waals surface area contributed by atoms with E-state index in [2.05, 4.69) is 20.9 Å². The van der Waals surface area contributed by atoms with Crippen molar-refractivity contribution in [3.05, 3.63) is 30.1 Å². The van der Waals surface area contributed by atoms with Crippen molar-refractivity contribution < 1.29 is 14.4 Å². The number of nitrogens with zero attached hydrogens (tertiary/aromatic N) is 2. The molecule has 1 fully saturated rings. The molecule has 0 aliphatic carbocycles. The molecule has 1 aliphatic rings. The number of carbonyl (C=O) groups is 3. The standard InChI is InChI=1S/C20H31N5O3/c1-13(2)17(24-18(26)14(3)21-4)20(28)25-11-7-9-16(25)19(27)23-12-15-8-5-6-10-22-15/h5-6,8,10,13-14,16-17,21H,7,9,11-12H2,1-4H3,(H,23,27)(H,24,26)/t14-,16-,17+/m0/s1. The monoisotopic (exact) mass is 389 g/mol. The molecule has 0 aromatic carbocycles. The lowest BCUT2D eigenvalue weighted by atomic mass is 10.0. The van der Waals surface area contributed by atoms with Crippen molar-refractivity contribution in [2.75, 3.05) is 13.6 Å². The molecular weight excluding hydrogens is 358 g/mol. The third-order valence-electron chi connectivity index (χ3n) is 5.07. The number of carbonyl (C=O) groups excluding carboxylic acids is 3. The van der Waals surface area contributed by atoms with Gasteiger partial charge in [-0.25, -0.2) is 0 Å². The Bertz CT molecular complexity index is 680. The number of amides is 3. The van der Waals surface area contributed by atoms with E-state index in [0.29, 0.717) is 19.5 Å². The summed E-state index contributed by atoms with van der Waals surface area (Å²) in [6.07, 6.45) is 3.06. The molecule has 0 spiro atoms. The van der Waals surface area contributed by atoms with Crippen LogP contribution in [0.25, 0.3) is 0 Å². The second-order valence-electron chi connectivity index (χ2n) is 7.47. The minimum absolute atomic E-state index is 0.0849. The molecule has 2 rings (SSSR count). The van der Waals surface area contributed by atoms with Crippen molar-refractivity contribution in [2.45, 2.75) is 58.3 Å². The number of hydrogen-bond acceptors (Lipinski definition) is 5. The molecule has 1 aromatic rings. The van der Waals surface area contributed by atoms with Gasteiger partial charge in [0.2, 0.25) is 17.7 Å². The Morgan fingerprint density at radius 3 is 2.61 bits per heavy atom. The van der Waals surface area contributed by atoms with E-state index in [1.54, 1.807) is 25.1 Å². The van der Waals surface area contributed by atoms with E-state index in [1.165, 1.54) is 0 Å². The average molecular weight is 390 g/mol. The molecule has 0 saturated carbocycles. The van der Waals surface area contributed by atoms with Gasteiger partial charge in [-0.3, -0.25) is 19.4 Å². The molecule has 1 saturated heterocycles. The normalized spacial score (nSPS) is 18.6. The maximum atomic E-state index is 13.1. The zero-order valence-electron chi connectivity index (χ0n) is 17.1. The minimum atomic E-state index is -0.660. The van der Waals surface area contributed by atoms with Crippen molar-refractivity contribution in [3.8, 4) is 0 Å². The highest BCUT2D eigenvalue weighted by atomic mass is 16.2. The summed E-state index contributed by atoms with van der Waals surface area (Å²) in [5.41, 5.74) is 0.764. The molecule has 3 N–H and O–H groups in total. The molecule has 28 heavy (non-hydrogen) atoms. The van der Waals surface area contributed by atoms with Gasteiger partial charge in [0.1, 0.15) is 12.1 Å². The average Bonchev–Trinajstić information content (AvgIpc) is 3.19. The third-order valence-corrected chi connectivity index (χ3v) is 5.07. The Kier molecular flexibility index (Phi) is 7.92. The fourth-order valence-electron chi connectivity index (χ4n) is 3.20. The molecule has 8 heteroatoms. The topological polar surface area (TPSA) is 103 Å². The van der Waals surface area contributed by atoms with Gasteiger partial charge in [-0.1, -0.05) is 19.9 Å². The number of likely N-dealkylation sites (tertiary alicyclic amines) is 1. The van der Waals surface area contributed by atoms with Crippen LogP contribution in [-0.2, 0) is 20.9 Å². The van der Waals surface area contributed by atoms with Gasteiger partial charge in [0.15, 0.2) is 0 Å². The second-order valence-corrected chi connectivity index (χ2v) is 7.47. The van der Waals surface area contributed by atoms with E-state index in [0.717, 1.165) is 12.1 Å². The lowest BCUT2D eigenvalue weighted by Gasteiger charge is -2.31. The quantitative estimate of drug-likeness (QED) is 0.599. The van der Waals surface area contributed by atoms with Gasteiger partial charge in [-0.15, -0.1) is 0 Å². The van der Waals surface area contributed by atoms with Crippen LogP contribution in [0.15, 0.2) is 24.4 Å². The zero-order valence-corrected chi connectivity index (χ0v) is 17.1. The molecule has 0 bridgehead atoms. The summed E-state index contributed by atoms with van der Waals surface area (Å²) < 4.78 is 0. The third kappa shape index (κ3) is 5.51. The predicted octanol–water partition coefficient (Wildman–Crippen LogP) is 0.438. The van der Waals surface area contributed by atoms with Gasteiger partial charge in [0.25, 0.3) is 0 Å². The van der Waals surface area contributed by atoms with Gasteiger partial charge in [-0.05, 0) is 44.9 Å². The van der Waals surface area contributed by atoms with Crippen molar-refractivity contribution >= 4 is 17.7 Å². The summed E-state index contributed by atoms with van der Waals surface area (Å²) in [7, 11) is 1.69. The summed E-state index contributed by atoms with van der Waals surface area (Å²) >= 11 is 0. The van der Waals surface area contributed by atoms with Crippen LogP contribution in [0.3, 0.4) is 0 Å².